The molecule has 1 unspecified atom stereocenters. The van der Waals surface area contributed by atoms with Crippen LogP contribution in [0.15, 0.2) is 54.9 Å². The smallest absolute Gasteiger partial charge is 0.325 e. The second kappa shape index (κ2) is 11.6. The summed E-state index contributed by atoms with van der Waals surface area (Å²) in [6, 6.07) is 14.1. The lowest BCUT2D eigenvalue weighted by atomic mass is 9.93. The van der Waals surface area contributed by atoms with E-state index in [4.69, 9.17) is 4.98 Å². The van der Waals surface area contributed by atoms with Gasteiger partial charge in [0, 0.05) is 48.7 Å². The van der Waals surface area contributed by atoms with Gasteiger partial charge < -0.3 is 15.5 Å². The van der Waals surface area contributed by atoms with Crippen LogP contribution in [0.25, 0.3) is 21.7 Å². The van der Waals surface area contributed by atoms with Gasteiger partial charge in [0.05, 0.1) is 17.8 Å². The van der Waals surface area contributed by atoms with Gasteiger partial charge in [0.15, 0.2) is 0 Å². The highest BCUT2D eigenvalue weighted by molar-refractivity contribution is 6.03. The van der Waals surface area contributed by atoms with E-state index in [1.54, 1.807) is 6.20 Å². The fourth-order valence-corrected chi connectivity index (χ4v) is 6.25. The Balaban J connectivity index is 1.15. The topological polar surface area (TPSA) is 106 Å². The predicted octanol–water partition coefficient (Wildman–Crippen LogP) is 5.23. The summed E-state index contributed by atoms with van der Waals surface area (Å²) in [5.74, 6) is 1.04. The first kappa shape index (κ1) is 26.3. The van der Waals surface area contributed by atoms with Crippen molar-refractivity contribution in [3.05, 3.63) is 60.4 Å². The zero-order valence-electron chi connectivity index (χ0n) is 23.0. The zero-order chi connectivity index (χ0) is 27.5. The second-order valence-electron chi connectivity index (χ2n) is 11.2. The maximum absolute atomic E-state index is 14.3. The van der Waals surface area contributed by atoms with Crippen LogP contribution >= 0.6 is 0 Å². The van der Waals surface area contributed by atoms with Crippen molar-refractivity contribution >= 4 is 45.1 Å². The molecule has 2 fully saturated rings. The van der Waals surface area contributed by atoms with Crippen molar-refractivity contribution in [2.45, 2.75) is 51.5 Å². The van der Waals surface area contributed by atoms with Gasteiger partial charge in [-0.2, -0.15) is 5.10 Å². The number of fused-ring (bicyclic) bond motifs is 2. The van der Waals surface area contributed by atoms with Gasteiger partial charge in [0.1, 0.15) is 5.82 Å². The molecule has 9 heteroatoms. The summed E-state index contributed by atoms with van der Waals surface area (Å²) in [6.07, 6.45) is 8.68. The van der Waals surface area contributed by atoms with Crippen molar-refractivity contribution in [3.63, 3.8) is 0 Å². The number of aryl methyl sites for hydroxylation is 1. The lowest BCUT2D eigenvalue weighted by Crippen LogP contribution is -2.55. The number of aromatic nitrogens is 3. The molecule has 2 aliphatic rings. The van der Waals surface area contributed by atoms with Crippen LogP contribution in [0.1, 0.15) is 44.1 Å². The van der Waals surface area contributed by atoms with E-state index in [9.17, 15) is 9.59 Å². The summed E-state index contributed by atoms with van der Waals surface area (Å²) in [5, 5.41) is 16.6. The molecular formula is C31H37N7O2. The average molecular weight is 540 g/mol. The van der Waals surface area contributed by atoms with Gasteiger partial charge in [-0.1, -0.05) is 18.2 Å². The molecule has 4 aromatic rings. The van der Waals surface area contributed by atoms with E-state index < -0.39 is 0 Å². The quantitative estimate of drug-likeness (QED) is 0.311. The Labute approximate surface area is 234 Å². The highest BCUT2D eigenvalue weighted by Gasteiger charge is 2.34. The molecular weight excluding hydrogens is 502 g/mol. The lowest BCUT2D eigenvalue weighted by molar-refractivity contribution is -0.116. The Morgan fingerprint density at radius 3 is 2.92 bits per heavy atom. The number of H-pyrrole nitrogens is 1. The van der Waals surface area contributed by atoms with E-state index in [-0.39, 0.29) is 23.9 Å². The highest BCUT2D eigenvalue weighted by Crippen LogP contribution is 2.32. The van der Waals surface area contributed by atoms with Crippen molar-refractivity contribution in [2.24, 2.45) is 5.92 Å². The summed E-state index contributed by atoms with van der Waals surface area (Å²) in [4.78, 5) is 35.8. The number of amides is 3. The molecule has 2 aromatic heterocycles. The SMILES string of the molecule is Cc1cccc2ccnc(N(C(=O)N3CCCC(CCC(=O)Nc4ccc5[nH]ncc5c4)C3)[C@@H]3CCCNC3)c12. The molecule has 40 heavy (non-hydrogen) atoms. The molecule has 4 heterocycles. The van der Waals surface area contributed by atoms with Crippen LogP contribution in [0.5, 0.6) is 0 Å². The van der Waals surface area contributed by atoms with Crippen molar-refractivity contribution < 1.29 is 9.59 Å². The number of aromatic amines is 1. The van der Waals surface area contributed by atoms with Crippen LogP contribution in [0, 0.1) is 12.8 Å². The van der Waals surface area contributed by atoms with Crippen molar-refractivity contribution in [3.8, 4) is 0 Å². The maximum atomic E-state index is 14.3. The van der Waals surface area contributed by atoms with Crippen molar-refractivity contribution in [1.29, 1.82) is 0 Å². The average Bonchev–Trinajstić information content (AvgIpc) is 3.45. The van der Waals surface area contributed by atoms with Crippen molar-refractivity contribution in [2.75, 3.05) is 36.4 Å². The largest absolute Gasteiger partial charge is 0.326 e. The molecule has 0 saturated carbocycles. The van der Waals surface area contributed by atoms with Crippen LogP contribution in [-0.2, 0) is 4.79 Å². The number of rotatable bonds is 6. The van der Waals surface area contributed by atoms with Gasteiger partial charge in [0.25, 0.3) is 0 Å². The third-order valence-corrected chi connectivity index (χ3v) is 8.34. The number of carbonyl (C=O) groups is 2. The number of likely N-dealkylation sites (tertiary alicyclic amines) is 1. The lowest BCUT2D eigenvalue weighted by Gasteiger charge is -2.40. The van der Waals surface area contributed by atoms with Crippen LogP contribution < -0.4 is 15.5 Å². The minimum atomic E-state index is -0.00312. The number of anilines is 2. The van der Waals surface area contributed by atoms with Crippen LogP contribution in [0.4, 0.5) is 16.3 Å². The highest BCUT2D eigenvalue weighted by atomic mass is 16.2. The number of hydrogen-bond donors (Lipinski definition) is 3. The Kier molecular flexibility index (Phi) is 7.64. The normalized spacial score (nSPS) is 19.6. The summed E-state index contributed by atoms with van der Waals surface area (Å²) in [6.45, 7) is 5.21. The van der Waals surface area contributed by atoms with E-state index in [1.807, 2.05) is 40.3 Å². The number of nitrogens with zero attached hydrogens (tertiary/aromatic N) is 4. The number of carbonyl (C=O) groups excluding carboxylic acids is 2. The number of nitrogens with one attached hydrogen (secondary N) is 3. The maximum Gasteiger partial charge on any atom is 0.325 e. The minimum Gasteiger partial charge on any atom is -0.326 e. The number of urea groups is 1. The van der Waals surface area contributed by atoms with E-state index in [0.29, 0.717) is 13.0 Å². The predicted molar refractivity (Wildman–Crippen MR) is 159 cm³/mol. The molecule has 0 spiro atoms. The van der Waals surface area contributed by atoms with Gasteiger partial charge in [-0.15, -0.1) is 0 Å². The van der Waals surface area contributed by atoms with Crippen molar-refractivity contribution in [1.82, 2.24) is 25.4 Å². The van der Waals surface area contributed by atoms with Gasteiger partial charge in [0.2, 0.25) is 5.91 Å². The molecule has 9 nitrogen and oxygen atoms in total. The number of benzene rings is 2. The molecule has 2 atom stereocenters. The molecule has 0 radical (unpaired) electrons. The fourth-order valence-electron chi connectivity index (χ4n) is 6.25. The standard InChI is InChI=1S/C31H37N7O2/c1-21-5-2-7-23-13-15-33-30(29(21)23)38(26-8-3-14-32-19-26)31(40)37-16-4-6-22(20-37)9-12-28(39)35-25-10-11-27-24(17-25)18-34-36-27/h2,5,7,10-11,13,15,17-18,22,26,32H,3-4,6,8-9,12,14,16,19-20H2,1H3,(H,34,36)(H,35,39)/t22?,26-/m1/s1. The molecule has 2 aliphatic heterocycles. The van der Waals surface area contributed by atoms with E-state index in [2.05, 4.69) is 46.0 Å². The summed E-state index contributed by atoms with van der Waals surface area (Å²) >= 11 is 0. The van der Waals surface area contributed by atoms with Crippen LogP contribution in [-0.4, -0.2) is 64.2 Å². The first-order valence-corrected chi connectivity index (χ1v) is 14.4. The first-order chi connectivity index (χ1) is 19.6. The molecule has 0 bridgehead atoms. The summed E-state index contributed by atoms with van der Waals surface area (Å²) in [7, 11) is 0. The van der Waals surface area contributed by atoms with Gasteiger partial charge in [-0.05, 0) is 86.7 Å². The van der Waals surface area contributed by atoms with Gasteiger partial charge >= 0.3 is 6.03 Å². The minimum absolute atomic E-state index is 0.00312. The van der Waals surface area contributed by atoms with E-state index >= 15 is 0 Å². The third kappa shape index (κ3) is 5.51. The summed E-state index contributed by atoms with van der Waals surface area (Å²) in [5.41, 5.74) is 2.84. The van der Waals surface area contributed by atoms with Gasteiger partial charge in [-0.3, -0.25) is 14.8 Å². The molecule has 3 N–H and O–H groups in total. The van der Waals surface area contributed by atoms with E-state index in [0.717, 1.165) is 90.5 Å². The third-order valence-electron chi connectivity index (χ3n) is 8.34. The molecule has 0 aliphatic carbocycles. The van der Waals surface area contributed by atoms with Crippen LogP contribution in [0.3, 0.4) is 0 Å². The second-order valence-corrected chi connectivity index (χ2v) is 11.2. The molecule has 2 saturated heterocycles. The molecule has 2 aromatic carbocycles. The van der Waals surface area contributed by atoms with Gasteiger partial charge in [-0.25, -0.2) is 9.78 Å². The Morgan fingerprint density at radius 2 is 2.05 bits per heavy atom. The number of hydrogen-bond acceptors (Lipinski definition) is 5. The Bertz CT molecular complexity index is 1500. The number of pyridine rings is 1. The molecule has 208 valence electrons. The zero-order valence-corrected chi connectivity index (χ0v) is 23.0. The monoisotopic (exact) mass is 539 g/mol. The number of piperidine rings is 2. The molecule has 6 rings (SSSR count). The summed E-state index contributed by atoms with van der Waals surface area (Å²) < 4.78 is 0. The van der Waals surface area contributed by atoms with Crippen LogP contribution in [0.2, 0.25) is 0 Å². The fraction of sp³-hybridized carbons (Fsp3) is 0.419. The Hall–Kier alpha value is -3.98. The van der Waals surface area contributed by atoms with E-state index in [1.165, 1.54) is 0 Å². The Morgan fingerprint density at radius 1 is 1.12 bits per heavy atom. The molecule has 3 amide bonds. The first-order valence-electron chi connectivity index (χ1n) is 14.4.